The molecule has 1 aromatic rings. The molecule has 3 aliphatic rings. The van der Waals surface area contributed by atoms with E-state index in [0.717, 1.165) is 17.7 Å². The lowest BCUT2D eigenvalue weighted by atomic mass is 10.2. The first kappa shape index (κ1) is 13.7. The number of aryl methyl sites for hydroxylation is 1. The van der Waals surface area contributed by atoms with Crippen LogP contribution in [0.5, 0.6) is 0 Å². The zero-order valence-electron chi connectivity index (χ0n) is 11.8. The Bertz CT molecular complexity index is 706. The molecule has 1 spiro atoms. The van der Waals surface area contributed by atoms with Gasteiger partial charge in [0.05, 0.1) is 11.5 Å². The Balaban J connectivity index is 1.69. The Morgan fingerprint density at radius 1 is 1.38 bits per heavy atom. The van der Waals surface area contributed by atoms with E-state index in [1.54, 1.807) is 11.3 Å². The highest BCUT2D eigenvalue weighted by Crippen LogP contribution is 2.48. The van der Waals surface area contributed by atoms with E-state index in [9.17, 15) is 13.2 Å². The minimum absolute atomic E-state index is 0.0978. The molecule has 2 unspecified atom stereocenters. The van der Waals surface area contributed by atoms with Crippen LogP contribution in [0.15, 0.2) is 12.1 Å². The number of rotatable bonds is 2. The number of carbonyl (C=O) groups is 1. The molecule has 21 heavy (non-hydrogen) atoms. The van der Waals surface area contributed by atoms with Gasteiger partial charge in [-0.3, -0.25) is 10.1 Å². The maximum Gasteiger partial charge on any atom is 0.244 e. The average molecular weight is 326 g/mol. The Morgan fingerprint density at radius 2 is 2.14 bits per heavy atom. The summed E-state index contributed by atoms with van der Waals surface area (Å²) >= 11 is 1.67. The summed E-state index contributed by atoms with van der Waals surface area (Å²) < 4.78 is 23.5. The van der Waals surface area contributed by atoms with Gasteiger partial charge < -0.3 is 4.90 Å². The predicted molar refractivity (Wildman–Crippen MR) is 80.8 cm³/mol. The Labute approximate surface area is 128 Å². The fourth-order valence-electron chi connectivity index (χ4n) is 3.42. The van der Waals surface area contributed by atoms with E-state index in [-0.39, 0.29) is 29.6 Å². The van der Waals surface area contributed by atoms with Crippen molar-refractivity contribution in [1.29, 1.82) is 0 Å². The lowest BCUT2D eigenvalue weighted by Crippen LogP contribution is -2.41. The number of hydrogen-bond donors (Lipinski definition) is 1. The van der Waals surface area contributed by atoms with Crippen molar-refractivity contribution in [2.24, 2.45) is 0 Å². The largest absolute Gasteiger partial charge is 0.316 e. The molecule has 7 heteroatoms. The van der Waals surface area contributed by atoms with Gasteiger partial charge in [0.15, 0.2) is 9.84 Å². The van der Waals surface area contributed by atoms with Crippen LogP contribution in [0.3, 0.4) is 0 Å². The van der Waals surface area contributed by atoms with E-state index in [1.807, 2.05) is 24.0 Å². The van der Waals surface area contributed by atoms with Crippen molar-refractivity contribution >= 4 is 27.1 Å². The van der Waals surface area contributed by atoms with Crippen LogP contribution in [0.25, 0.3) is 0 Å². The van der Waals surface area contributed by atoms with E-state index < -0.39 is 15.4 Å². The van der Waals surface area contributed by atoms with Gasteiger partial charge in [-0.25, -0.2) is 8.42 Å². The third kappa shape index (κ3) is 2.13. The van der Waals surface area contributed by atoms with Crippen molar-refractivity contribution in [3.8, 4) is 0 Å². The molecule has 2 atom stereocenters. The normalized spacial score (nSPS) is 33.0. The molecule has 0 aromatic carbocycles. The summed E-state index contributed by atoms with van der Waals surface area (Å²) in [5.41, 5.74) is -0.408. The highest BCUT2D eigenvalue weighted by atomic mass is 32.2. The Hall–Kier alpha value is -0.920. The van der Waals surface area contributed by atoms with Crippen molar-refractivity contribution in [1.82, 2.24) is 10.2 Å². The van der Waals surface area contributed by atoms with E-state index in [0.29, 0.717) is 6.42 Å². The fourth-order valence-corrected chi connectivity index (χ4v) is 6.06. The summed E-state index contributed by atoms with van der Waals surface area (Å²) in [5.74, 6) is 0.405. The summed E-state index contributed by atoms with van der Waals surface area (Å²) in [7, 11) is -2.99. The molecule has 1 aromatic heterocycles. The van der Waals surface area contributed by atoms with Crippen molar-refractivity contribution in [3.63, 3.8) is 0 Å². The number of nitrogens with zero attached hydrogens (tertiary/aromatic N) is 1. The van der Waals surface area contributed by atoms with Gasteiger partial charge in [-0.2, -0.15) is 0 Å². The third-order valence-electron chi connectivity index (χ3n) is 4.72. The second kappa shape index (κ2) is 4.30. The highest BCUT2D eigenvalue weighted by Gasteiger charge is 2.61. The van der Waals surface area contributed by atoms with Gasteiger partial charge >= 0.3 is 0 Å². The first-order valence-corrected chi connectivity index (χ1v) is 9.91. The van der Waals surface area contributed by atoms with Crippen LogP contribution < -0.4 is 5.32 Å². The molecule has 1 saturated carbocycles. The Kier molecular flexibility index (Phi) is 2.81. The van der Waals surface area contributed by atoms with Crippen LogP contribution in [-0.4, -0.2) is 42.3 Å². The van der Waals surface area contributed by atoms with Gasteiger partial charge in [0.2, 0.25) is 5.91 Å². The topological polar surface area (TPSA) is 66.5 Å². The fraction of sp³-hybridized carbons (Fsp3) is 0.643. The van der Waals surface area contributed by atoms with Crippen molar-refractivity contribution < 1.29 is 13.2 Å². The molecule has 1 amide bonds. The predicted octanol–water partition coefficient (Wildman–Crippen LogP) is 1.21. The van der Waals surface area contributed by atoms with Gasteiger partial charge in [0.1, 0.15) is 11.7 Å². The summed E-state index contributed by atoms with van der Waals surface area (Å²) in [6, 6.07) is 3.92. The summed E-state index contributed by atoms with van der Waals surface area (Å²) in [4.78, 5) is 16.9. The lowest BCUT2D eigenvalue weighted by molar-refractivity contribution is -0.132. The monoisotopic (exact) mass is 326 g/mol. The van der Waals surface area contributed by atoms with Crippen LogP contribution >= 0.6 is 11.3 Å². The number of thiophene rings is 1. The first-order chi connectivity index (χ1) is 9.90. The van der Waals surface area contributed by atoms with Crippen LogP contribution in [0.2, 0.25) is 0 Å². The molecule has 1 aliphatic carbocycles. The Morgan fingerprint density at radius 3 is 2.67 bits per heavy atom. The van der Waals surface area contributed by atoms with Crippen LogP contribution in [0, 0.1) is 6.92 Å². The molecule has 0 bridgehead atoms. The zero-order valence-corrected chi connectivity index (χ0v) is 13.5. The molecule has 3 fully saturated rings. The number of nitrogens with one attached hydrogen (secondary N) is 1. The van der Waals surface area contributed by atoms with E-state index in [2.05, 4.69) is 5.32 Å². The molecular weight excluding hydrogens is 308 g/mol. The van der Waals surface area contributed by atoms with E-state index in [1.165, 1.54) is 4.88 Å². The van der Waals surface area contributed by atoms with Crippen LogP contribution in [-0.2, 0) is 14.6 Å². The van der Waals surface area contributed by atoms with Gasteiger partial charge in [-0.1, -0.05) is 0 Å². The summed E-state index contributed by atoms with van der Waals surface area (Å²) in [6.07, 6.45) is 2.13. The quantitative estimate of drug-likeness (QED) is 0.887. The number of hydrogen-bond acceptors (Lipinski definition) is 5. The summed E-state index contributed by atoms with van der Waals surface area (Å²) in [6.45, 7) is 2.04. The molecule has 2 aliphatic heterocycles. The molecular formula is C14H18N2O3S2. The van der Waals surface area contributed by atoms with Gasteiger partial charge in [-0.05, 0) is 38.3 Å². The maximum absolute atomic E-state index is 12.8. The zero-order chi connectivity index (χ0) is 14.8. The van der Waals surface area contributed by atoms with Crippen LogP contribution in [0.1, 0.15) is 35.2 Å². The van der Waals surface area contributed by atoms with E-state index in [4.69, 9.17) is 0 Å². The highest BCUT2D eigenvalue weighted by molar-refractivity contribution is 7.91. The van der Waals surface area contributed by atoms with Gasteiger partial charge in [-0.15, -0.1) is 11.3 Å². The van der Waals surface area contributed by atoms with Gasteiger partial charge in [0, 0.05) is 15.8 Å². The molecule has 2 saturated heterocycles. The first-order valence-electron chi connectivity index (χ1n) is 7.27. The minimum atomic E-state index is -2.99. The minimum Gasteiger partial charge on any atom is -0.316 e. The molecule has 0 radical (unpaired) electrons. The van der Waals surface area contributed by atoms with Crippen molar-refractivity contribution in [2.45, 2.75) is 43.9 Å². The van der Waals surface area contributed by atoms with Gasteiger partial charge in [0.25, 0.3) is 0 Å². The molecule has 1 N–H and O–H groups in total. The maximum atomic E-state index is 12.8. The molecule has 114 valence electrons. The second-order valence-corrected chi connectivity index (χ2v) is 9.89. The third-order valence-corrected chi connectivity index (χ3v) is 7.52. The second-order valence-electron chi connectivity index (χ2n) is 6.35. The van der Waals surface area contributed by atoms with Crippen molar-refractivity contribution in [2.75, 3.05) is 11.5 Å². The molecule has 4 rings (SSSR count). The SMILES string of the molecule is Cc1ccc(C2NC3(CC3)C(=O)N2C2CCS(=O)(=O)C2)s1. The standard InChI is InChI=1S/C14H18N2O3S2/c1-9-2-3-11(20-9)12-15-14(5-6-14)13(17)16(12)10-4-7-21(18,19)8-10/h2-3,10,12,15H,4-8H2,1H3. The number of amides is 1. The van der Waals surface area contributed by atoms with Crippen LogP contribution in [0.4, 0.5) is 0 Å². The van der Waals surface area contributed by atoms with E-state index >= 15 is 0 Å². The lowest BCUT2D eigenvalue weighted by Gasteiger charge is -2.28. The number of carbonyl (C=O) groups excluding carboxylic acids is 1. The molecule has 3 heterocycles. The molecule has 5 nitrogen and oxygen atoms in total. The smallest absolute Gasteiger partial charge is 0.244 e. The average Bonchev–Trinajstić information content (AvgIpc) is 2.79. The number of sulfone groups is 1. The van der Waals surface area contributed by atoms with Crippen molar-refractivity contribution in [3.05, 3.63) is 21.9 Å². The summed E-state index contributed by atoms with van der Waals surface area (Å²) in [5, 5.41) is 3.47.